The molecule has 0 aliphatic carbocycles. The third kappa shape index (κ3) is 4.03. The number of rotatable bonds is 6. The molecule has 0 saturated heterocycles. The highest BCUT2D eigenvalue weighted by atomic mass is 16.5. The zero-order valence-corrected chi connectivity index (χ0v) is 20.0. The molecule has 1 aliphatic heterocycles. The van der Waals surface area contributed by atoms with Gasteiger partial charge in [-0.2, -0.15) is 0 Å². The monoisotopic (exact) mass is 469 g/mol. The highest BCUT2D eigenvalue weighted by Crippen LogP contribution is 2.42. The quantitative estimate of drug-likeness (QED) is 0.303. The molecule has 35 heavy (non-hydrogen) atoms. The SMILES string of the molecule is CCOC(=O)[C@H]1C(=O)N(Cc2ccc(C)cc2)c2nc3ccccc3n2[C@H]1c1ccc(OC)cc1. The summed E-state index contributed by atoms with van der Waals surface area (Å²) in [5.74, 6) is -0.722. The number of imidazole rings is 1. The maximum atomic E-state index is 14.0. The number of aryl methyl sites for hydroxylation is 1. The molecule has 1 aliphatic rings. The summed E-state index contributed by atoms with van der Waals surface area (Å²) in [6.07, 6.45) is 0. The minimum absolute atomic E-state index is 0.188. The lowest BCUT2D eigenvalue weighted by Crippen LogP contribution is -2.49. The number of hydrogen-bond donors (Lipinski definition) is 0. The Kier molecular flexibility index (Phi) is 5.99. The topological polar surface area (TPSA) is 73.7 Å². The van der Waals surface area contributed by atoms with Crippen LogP contribution in [0.5, 0.6) is 5.75 Å². The fourth-order valence-corrected chi connectivity index (χ4v) is 4.68. The molecule has 2 atom stereocenters. The van der Waals surface area contributed by atoms with Gasteiger partial charge in [-0.3, -0.25) is 14.5 Å². The van der Waals surface area contributed by atoms with Gasteiger partial charge in [0.15, 0.2) is 5.92 Å². The summed E-state index contributed by atoms with van der Waals surface area (Å²) in [6, 6.07) is 22.6. The first-order chi connectivity index (χ1) is 17.0. The van der Waals surface area contributed by atoms with Crippen LogP contribution in [0.15, 0.2) is 72.8 Å². The first kappa shape index (κ1) is 22.7. The minimum atomic E-state index is -1.06. The molecular weight excluding hydrogens is 442 g/mol. The lowest BCUT2D eigenvalue weighted by atomic mass is 9.89. The number of anilines is 1. The van der Waals surface area contributed by atoms with Crippen LogP contribution in [0.25, 0.3) is 11.0 Å². The first-order valence-corrected chi connectivity index (χ1v) is 11.7. The molecular formula is C28H27N3O4. The Hall–Kier alpha value is -4.13. The maximum absolute atomic E-state index is 14.0. The number of nitrogens with zero attached hydrogens (tertiary/aromatic N) is 3. The van der Waals surface area contributed by atoms with E-state index in [2.05, 4.69) is 0 Å². The Balaban J connectivity index is 1.72. The van der Waals surface area contributed by atoms with Gasteiger partial charge in [0.25, 0.3) is 0 Å². The molecule has 2 heterocycles. The standard InChI is InChI=1S/C28H27N3O4/c1-4-35-27(33)24-25(20-13-15-21(34-3)16-14-20)31-23-8-6-5-7-22(23)29-28(31)30(26(24)32)17-19-11-9-18(2)10-12-19/h5-16,24-25H,4,17H2,1-3H3/t24-,25+/m1/s1. The molecule has 0 unspecified atom stereocenters. The predicted molar refractivity (Wildman–Crippen MR) is 133 cm³/mol. The van der Waals surface area contributed by atoms with E-state index in [1.807, 2.05) is 84.3 Å². The summed E-state index contributed by atoms with van der Waals surface area (Å²) >= 11 is 0. The van der Waals surface area contributed by atoms with E-state index in [9.17, 15) is 9.59 Å². The fraction of sp³-hybridized carbons (Fsp3) is 0.250. The van der Waals surface area contributed by atoms with Crippen molar-refractivity contribution in [3.63, 3.8) is 0 Å². The van der Waals surface area contributed by atoms with E-state index in [0.29, 0.717) is 18.2 Å². The van der Waals surface area contributed by atoms with E-state index in [1.54, 1.807) is 18.9 Å². The van der Waals surface area contributed by atoms with Crippen molar-refractivity contribution in [2.75, 3.05) is 18.6 Å². The van der Waals surface area contributed by atoms with Gasteiger partial charge in [-0.1, -0.05) is 54.1 Å². The molecule has 0 N–H and O–H groups in total. The second-order valence-corrected chi connectivity index (χ2v) is 8.63. The number of amides is 1. The number of para-hydroxylation sites is 2. The molecule has 0 saturated carbocycles. The first-order valence-electron chi connectivity index (χ1n) is 11.7. The molecule has 0 spiro atoms. The molecule has 0 fully saturated rings. The summed E-state index contributed by atoms with van der Waals surface area (Å²) in [7, 11) is 1.60. The van der Waals surface area contributed by atoms with Crippen molar-refractivity contribution in [1.82, 2.24) is 9.55 Å². The Morgan fingerprint density at radius 1 is 1.00 bits per heavy atom. The molecule has 4 aromatic rings. The number of hydrogen-bond acceptors (Lipinski definition) is 5. The van der Waals surface area contributed by atoms with Crippen LogP contribution in [0.2, 0.25) is 0 Å². The predicted octanol–water partition coefficient (Wildman–Crippen LogP) is 4.67. The van der Waals surface area contributed by atoms with Gasteiger partial charge in [0.05, 0.1) is 37.3 Å². The van der Waals surface area contributed by atoms with E-state index >= 15 is 0 Å². The average Bonchev–Trinajstić information content (AvgIpc) is 3.26. The van der Waals surface area contributed by atoms with Crippen LogP contribution in [0.4, 0.5) is 5.95 Å². The third-order valence-corrected chi connectivity index (χ3v) is 6.40. The average molecular weight is 470 g/mol. The summed E-state index contributed by atoms with van der Waals surface area (Å²) in [4.78, 5) is 33.7. The molecule has 7 nitrogen and oxygen atoms in total. The Morgan fingerprint density at radius 2 is 1.71 bits per heavy atom. The van der Waals surface area contributed by atoms with Crippen molar-refractivity contribution in [2.45, 2.75) is 26.4 Å². The summed E-state index contributed by atoms with van der Waals surface area (Å²) in [5, 5.41) is 0. The number of aromatic nitrogens is 2. The molecule has 0 radical (unpaired) electrons. The van der Waals surface area contributed by atoms with E-state index < -0.39 is 17.9 Å². The molecule has 0 bridgehead atoms. The maximum Gasteiger partial charge on any atom is 0.321 e. The lowest BCUT2D eigenvalue weighted by Gasteiger charge is -2.38. The Morgan fingerprint density at radius 3 is 2.40 bits per heavy atom. The van der Waals surface area contributed by atoms with Gasteiger partial charge < -0.3 is 14.0 Å². The zero-order chi connectivity index (χ0) is 24.5. The van der Waals surface area contributed by atoms with E-state index in [-0.39, 0.29) is 12.5 Å². The van der Waals surface area contributed by atoms with Crippen LogP contribution in [0.1, 0.15) is 29.7 Å². The summed E-state index contributed by atoms with van der Waals surface area (Å²) in [5.41, 5.74) is 4.49. The number of methoxy groups -OCH3 is 1. The van der Waals surface area contributed by atoms with Crippen LogP contribution in [0.3, 0.4) is 0 Å². The van der Waals surface area contributed by atoms with Crippen LogP contribution in [-0.4, -0.2) is 35.1 Å². The number of carbonyl (C=O) groups is 2. The number of ether oxygens (including phenoxy) is 2. The van der Waals surface area contributed by atoms with Crippen molar-refractivity contribution < 1.29 is 19.1 Å². The van der Waals surface area contributed by atoms with Crippen molar-refractivity contribution in [1.29, 1.82) is 0 Å². The zero-order valence-electron chi connectivity index (χ0n) is 20.0. The van der Waals surface area contributed by atoms with Crippen LogP contribution in [0, 0.1) is 12.8 Å². The second-order valence-electron chi connectivity index (χ2n) is 8.63. The van der Waals surface area contributed by atoms with E-state index in [1.165, 1.54) is 0 Å². The van der Waals surface area contributed by atoms with Crippen LogP contribution in [-0.2, 0) is 20.9 Å². The largest absolute Gasteiger partial charge is 0.497 e. The molecule has 5 rings (SSSR count). The van der Waals surface area contributed by atoms with Crippen molar-refractivity contribution in [3.05, 3.63) is 89.5 Å². The van der Waals surface area contributed by atoms with Gasteiger partial charge >= 0.3 is 5.97 Å². The molecule has 3 aromatic carbocycles. The number of carbonyl (C=O) groups excluding carboxylic acids is 2. The molecule has 7 heteroatoms. The number of fused-ring (bicyclic) bond motifs is 3. The van der Waals surface area contributed by atoms with Gasteiger partial charge in [0.2, 0.25) is 11.9 Å². The van der Waals surface area contributed by atoms with Gasteiger partial charge in [-0.15, -0.1) is 0 Å². The molecule has 1 amide bonds. The van der Waals surface area contributed by atoms with Gasteiger partial charge in [-0.25, -0.2) is 4.98 Å². The minimum Gasteiger partial charge on any atom is -0.497 e. The second kappa shape index (κ2) is 9.25. The van der Waals surface area contributed by atoms with Gasteiger partial charge in [0, 0.05) is 0 Å². The van der Waals surface area contributed by atoms with Gasteiger partial charge in [-0.05, 0) is 49.2 Å². The Labute approximate surface area is 203 Å². The normalized spacial score (nSPS) is 17.3. The van der Waals surface area contributed by atoms with Crippen molar-refractivity contribution in [2.24, 2.45) is 5.92 Å². The Bertz CT molecular complexity index is 1380. The highest BCUT2D eigenvalue weighted by Gasteiger charge is 2.47. The van der Waals surface area contributed by atoms with Crippen LogP contribution < -0.4 is 9.64 Å². The lowest BCUT2D eigenvalue weighted by molar-refractivity contribution is -0.153. The van der Waals surface area contributed by atoms with E-state index in [0.717, 1.165) is 27.7 Å². The fourth-order valence-electron chi connectivity index (χ4n) is 4.68. The number of esters is 1. The molecule has 178 valence electrons. The van der Waals surface area contributed by atoms with Crippen molar-refractivity contribution in [3.8, 4) is 5.75 Å². The number of benzene rings is 3. The smallest absolute Gasteiger partial charge is 0.321 e. The van der Waals surface area contributed by atoms with Crippen LogP contribution >= 0.6 is 0 Å². The summed E-state index contributed by atoms with van der Waals surface area (Å²) < 4.78 is 12.7. The van der Waals surface area contributed by atoms with Crippen molar-refractivity contribution >= 4 is 28.9 Å². The highest BCUT2D eigenvalue weighted by molar-refractivity contribution is 6.08. The summed E-state index contributed by atoms with van der Waals surface area (Å²) in [6.45, 7) is 4.25. The van der Waals surface area contributed by atoms with E-state index in [4.69, 9.17) is 14.5 Å². The third-order valence-electron chi connectivity index (χ3n) is 6.40. The van der Waals surface area contributed by atoms with Gasteiger partial charge in [0.1, 0.15) is 5.75 Å². The molecule has 1 aromatic heterocycles.